The summed E-state index contributed by atoms with van der Waals surface area (Å²) in [5.41, 5.74) is 0. The summed E-state index contributed by atoms with van der Waals surface area (Å²) in [4.78, 5) is 0. The van der Waals surface area contributed by atoms with E-state index in [1.807, 2.05) is 0 Å². The minimum absolute atomic E-state index is 0.148. The fourth-order valence-electron chi connectivity index (χ4n) is 1.68. The molecule has 1 heterocycles. The maximum atomic E-state index is 11.8. The van der Waals surface area contributed by atoms with E-state index in [2.05, 4.69) is 0 Å². The van der Waals surface area contributed by atoms with Crippen molar-refractivity contribution in [2.75, 3.05) is 19.8 Å². The molecule has 2 nitrogen and oxygen atoms in total. The van der Waals surface area contributed by atoms with Gasteiger partial charge in [0.25, 0.3) is 0 Å². The molecule has 0 aromatic heterocycles. The van der Waals surface area contributed by atoms with Gasteiger partial charge < -0.3 is 9.47 Å². The number of ether oxygens (including phenoxy) is 2. The molecule has 0 bridgehead atoms. The molecule has 0 saturated carbocycles. The lowest BCUT2D eigenvalue weighted by atomic mass is 10.1. The molecule has 0 amide bonds. The maximum absolute atomic E-state index is 11.8. The van der Waals surface area contributed by atoms with Crippen molar-refractivity contribution < 1.29 is 22.6 Å². The first-order valence-corrected chi connectivity index (χ1v) is 5.84. The summed E-state index contributed by atoms with van der Waals surface area (Å²) < 4.78 is 46.1. The fourth-order valence-corrected chi connectivity index (χ4v) is 1.68. The van der Waals surface area contributed by atoms with Crippen LogP contribution in [0.3, 0.4) is 0 Å². The Kier molecular flexibility index (Phi) is 6.13. The summed E-state index contributed by atoms with van der Waals surface area (Å²) in [6, 6.07) is 0. The smallest absolute Gasteiger partial charge is 0.379 e. The second-order valence-corrected chi connectivity index (χ2v) is 4.14. The van der Waals surface area contributed by atoms with Gasteiger partial charge in [0.05, 0.1) is 12.7 Å². The van der Waals surface area contributed by atoms with Crippen LogP contribution in [0.4, 0.5) is 13.2 Å². The molecule has 0 aromatic rings. The highest BCUT2D eigenvalue weighted by atomic mass is 19.4. The minimum Gasteiger partial charge on any atom is -0.379 e. The number of unbranched alkanes of at least 4 members (excludes halogenated alkanes) is 1. The molecule has 0 spiro atoms. The van der Waals surface area contributed by atoms with Crippen LogP contribution < -0.4 is 0 Å². The maximum Gasteiger partial charge on any atom is 0.389 e. The second kappa shape index (κ2) is 7.12. The molecule has 1 unspecified atom stereocenters. The van der Waals surface area contributed by atoms with Gasteiger partial charge in [-0.3, -0.25) is 0 Å². The highest BCUT2D eigenvalue weighted by molar-refractivity contribution is 4.62. The van der Waals surface area contributed by atoms with Crippen molar-refractivity contribution in [2.24, 2.45) is 0 Å². The van der Waals surface area contributed by atoms with Crippen LogP contribution in [0, 0.1) is 0 Å². The Balaban J connectivity index is 1.87. The van der Waals surface area contributed by atoms with E-state index in [-0.39, 0.29) is 12.5 Å². The Hall–Kier alpha value is -0.290. The Morgan fingerprint density at radius 1 is 1.19 bits per heavy atom. The lowest BCUT2D eigenvalue weighted by molar-refractivity contribution is -0.136. The summed E-state index contributed by atoms with van der Waals surface area (Å²) >= 11 is 0. The zero-order valence-electron chi connectivity index (χ0n) is 9.39. The molecule has 0 N–H and O–H groups in total. The quantitative estimate of drug-likeness (QED) is 0.663. The summed E-state index contributed by atoms with van der Waals surface area (Å²) in [7, 11) is 0. The van der Waals surface area contributed by atoms with Gasteiger partial charge in [0.15, 0.2) is 0 Å². The van der Waals surface area contributed by atoms with Gasteiger partial charge in [-0.25, -0.2) is 0 Å². The Morgan fingerprint density at radius 3 is 2.62 bits per heavy atom. The van der Waals surface area contributed by atoms with E-state index in [9.17, 15) is 13.2 Å². The summed E-state index contributed by atoms with van der Waals surface area (Å²) in [6.45, 7) is 1.70. The van der Waals surface area contributed by atoms with Crippen LogP contribution in [-0.4, -0.2) is 32.1 Å². The molecular weight excluding hydrogens is 221 g/mol. The van der Waals surface area contributed by atoms with Crippen LogP contribution >= 0.6 is 0 Å². The van der Waals surface area contributed by atoms with E-state index in [1.165, 1.54) is 0 Å². The molecule has 1 aliphatic rings. The third kappa shape index (κ3) is 7.06. The zero-order valence-corrected chi connectivity index (χ0v) is 9.39. The number of hydrogen-bond acceptors (Lipinski definition) is 2. The molecule has 1 atom stereocenters. The highest BCUT2D eigenvalue weighted by Gasteiger charge is 2.25. The molecular formula is C11H19F3O2. The Labute approximate surface area is 94.1 Å². The predicted octanol–water partition coefficient (Wildman–Crippen LogP) is 3.30. The van der Waals surface area contributed by atoms with Gasteiger partial charge >= 0.3 is 6.18 Å². The van der Waals surface area contributed by atoms with Crippen LogP contribution in [0.5, 0.6) is 0 Å². The third-order valence-corrected chi connectivity index (χ3v) is 2.58. The van der Waals surface area contributed by atoms with Gasteiger partial charge in [0.1, 0.15) is 0 Å². The van der Waals surface area contributed by atoms with Crippen molar-refractivity contribution in [3.8, 4) is 0 Å². The SMILES string of the molecule is FC(F)(F)CCCCOCC1CCCCO1. The van der Waals surface area contributed by atoms with Crippen molar-refractivity contribution in [2.45, 2.75) is 50.8 Å². The lowest BCUT2D eigenvalue weighted by Crippen LogP contribution is -2.24. The van der Waals surface area contributed by atoms with Crippen molar-refractivity contribution in [3.63, 3.8) is 0 Å². The molecule has 1 aliphatic heterocycles. The predicted molar refractivity (Wildman–Crippen MR) is 54.3 cm³/mol. The van der Waals surface area contributed by atoms with Gasteiger partial charge in [0, 0.05) is 19.6 Å². The van der Waals surface area contributed by atoms with Crippen LogP contribution in [0.25, 0.3) is 0 Å². The first kappa shape index (κ1) is 13.8. The van der Waals surface area contributed by atoms with E-state index in [1.54, 1.807) is 0 Å². The van der Waals surface area contributed by atoms with Gasteiger partial charge in [-0.05, 0) is 32.1 Å². The molecule has 0 aliphatic carbocycles. The molecule has 0 aromatic carbocycles. The van der Waals surface area contributed by atoms with E-state index in [4.69, 9.17) is 9.47 Å². The summed E-state index contributed by atoms with van der Waals surface area (Å²) in [5.74, 6) is 0. The van der Waals surface area contributed by atoms with Crippen LogP contribution in [-0.2, 0) is 9.47 Å². The zero-order chi connectivity index (χ0) is 11.9. The van der Waals surface area contributed by atoms with Crippen LogP contribution in [0.2, 0.25) is 0 Å². The van der Waals surface area contributed by atoms with Crippen molar-refractivity contribution in [1.29, 1.82) is 0 Å². The van der Waals surface area contributed by atoms with Crippen molar-refractivity contribution in [1.82, 2.24) is 0 Å². The average molecular weight is 240 g/mol. The van der Waals surface area contributed by atoms with Gasteiger partial charge in [0.2, 0.25) is 0 Å². The number of hydrogen-bond donors (Lipinski definition) is 0. The standard InChI is InChI=1S/C11H19F3O2/c12-11(13,14)6-2-4-7-15-9-10-5-1-3-8-16-10/h10H,1-9H2. The number of halogens is 3. The first-order chi connectivity index (χ1) is 7.58. The van der Waals surface area contributed by atoms with Gasteiger partial charge in [-0.15, -0.1) is 0 Å². The Morgan fingerprint density at radius 2 is 2.00 bits per heavy atom. The van der Waals surface area contributed by atoms with E-state index >= 15 is 0 Å². The highest BCUT2D eigenvalue weighted by Crippen LogP contribution is 2.22. The van der Waals surface area contributed by atoms with Crippen molar-refractivity contribution in [3.05, 3.63) is 0 Å². The molecule has 16 heavy (non-hydrogen) atoms. The Bertz CT molecular complexity index is 177. The summed E-state index contributed by atoms with van der Waals surface area (Å²) in [5, 5.41) is 0. The molecule has 1 fully saturated rings. The van der Waals surface area contributed by atoms with E-state index in [0.29, 0.717) is 19.6 Å². The third-order valence-electron chi connectivity index (χ3n) is 2.58. The minimum atomic E-state index is -4.04. The second-order valence-electron chi connectivity index (χ2n) is 4.14. The molecule has 5 heteroatoms. The topological polar surface area (TPSA) is 18.5 Å². The largest absolute Gasteiger partial charge is 0.389 e. The fraction of sp³-hybridized carbons (Fsp3) is 1.00. The molecule has 0 radical (unpaired) electrons. The van der Waals surface area contributed by atoms with Crippen molar-refractivity contribution >= 4 is 0 Å². The molecule has 1 saturated heterocycles. The first-order valence-electron chi connectivity index (χ1n) is 5.84. The van der Waals surface area contributed by atoms with Crippen LogP contribution in [0.1, 0.15) is 38.5 Å². The average Bonchev–Trinajstić information content (AvgIpc) is 2.23. The lowest BCUT2D eigenvalue weighted by Gasteiger charge is -2.22. The number of rotatable bonds is 6. The summed E-state index contributed by atoms with van der Waals surface area (Å²) in [6.07, 6.45) is -0.729. The van der Waals surface area contributed by atoms with E-state index < -0.39 is 12.6 Å². The number of alkyl halides is 3. The monoisotopic (exact) mass is 240 g/mol. The van der Waals surface area contributed by atoms with Crippen LogP contribution in [0.15, 0.2) is 0 Å². The van der Waals surface area contributed by atoms with Gasteiger partial charge in [-0.2, -0.15) is 13.2 Å². The normalized spacial score (nSPS) is 22.3. The van der Waals surface area contributed by atoms with Gasteiger partial charge in [-0.1, -0.05) is 0 Å². The molecule has 1 rings (SSSR count). The molecule has 96 valence electrons. The van der Waals surface area contributed by atoms with E-state index in [0.717, 1.165) is 25.9 Å².